The average Bonchev–Trinajstić information content (AvgIpc) is 3.18. The zero-order valence-electron chi connectivity index (χ0n) is 9.66. The third kappa shape index (κ3) is 2.09. The molecule has 3 heterocycles. The van der Waals surface area contributed by atoms with Gasteiger partial charge in [-0.3, -0.25) is 0 Å². The van der Waals surface area contributed by atoms with Crippen LogP contribution in [0.1, 0.15) is 0 Å². The van der Waals surface area contributed by atoms with Gasteiger partial charge in [-0.25, -0.2) is 0 Å². The first-order valence-corrected chi connectivity index (χ1v) is 9.18. The molecular weight excluding hydrogens is 312 g/mol. The monoisotopic (exact) mass is 320 g/mol. The van der Waals surface area contributed by atoms with Crippen LogP contribution in [0.25, 0.3) is 19.2 Å². The summed E-state index contributed by atoms with van der Waals surface area (Å²) in [6, 6.07) is 8.42. The number of fused-ring (bicyclic) bond motifs is 1. The van der Waals surface area contributed by atoms with Crippen molar-refractivity contribution in [2.24, 2.45) is 0 Å². The Morgan fingerprint density at radius 2 is 1.05 bits per heavy atom. The fourth-order valence-corrected chi connectivity index (χ4v) is 5.55. The van der Waals surface area contributed by atoms with Crippen molar-refractivity contribution in [3.8, 4) is 0 Å². The number of furan rings is 1. The van der Waals surface area contributed by atoms with E-state index in [1.165, 1.54) is 19.2 Å². The molecule has 2 aromatic rings. The smallest absolute Gasteiger partial charge is 0.156 e. The molecule has 1 aromatic heterocycles. The van der Waals surface area contributed by atoms with Crippen LogP contribution in [-0.4, -0.2) is 0 Å². The van der Waals surface area contributed by atoms with Crippen molar-refractivity contribution in [2.45, 2.75) is 0 Å². The van der Waals surface area contributed by atoms with Crippen molar-refractivity contribution < 1.29 is 4.42 Å². The zero-order chi connectivity index (χ0) is 12.7. The summed E-state index contributed by atoms with van der Waals surface area (Å²) in [5.41, 5.74) is 2.01. The lowest BCUT2D eigenvalue weighted by Gasteiger charge is -1.90. The molecule has 0 unspecified atom stereocenters. The van der Waals surface area contributed by atoms with E-state index in [1.807, 2.05) is 0 Å². The second-order valence-electron chi connectivity index (χ2n) is 3.90. The molecule has 0 spiro atoms. The van der Waals surface area contributed by atoms with Crippen LogP contribution in [0.5, 0.6) is 0 Å². The number of hydrogen-bond acceptors (Lipinski definition) is 5. The highest BCUT2D eigenvalue weighted by molar-refractivity contribution is 8.35. The number of hydrogen-bond donors (Lipinski definition) is 0. The Kier molecular flexibility index (Phi) is 3.23. The summed E-state index contributed by atoms with van der Waals surface area (Å²) in [6.45, 7) is 0. The molecule has 94 valence electrons. The van der Waals surface area contributed by atoms with Gasteiger partial charge in [0.05, 0.1) is 8.47 Å². The Hall–Kier alpha value is -0.620. The van der Waals surface area contributed by atoms with Gasteiger partial charge in [0.15, 0.2) is 10.8 Å². The number of benzene rings is 1. The van der Waals surface area contributed by atoms with Gasteiger partial charge in [-0.15, -0.1) is 0 Å². The maximum absolute atomic E-state index is 6.20. The highest BCUT2D eigenvalue weighted by atomic mass is 32.2. The van der Waals surface area contributed by atoms with E-state index >= 15 is 0 Å². The van der Waals surface area contributed by atoms with Crippen molar-refractivity contribution >= 4 is 66.3 Å². The first kappa shape index (κ1) is 12.1. The van der Waals surface area contributed by atoms with E-state index in [4.69, 9.17) is 4.42 Å². The largest absolute Gasteiger partial charge is 0.453 e. The molecule has 0 radical (unpaired) electrons. The molecule has 0 atom stereocenters. The Labute approximate surface area is 127 Å². The van der Waals surface area contributed by atoms with Crippen LogP contribution < -0.4 is 10.8 Å². The Morgan fingerprint density at radius 1 is 0.632 bits per heavy atom. The molecule has 5 heteroatoms. The minimum Gasteiger partial charge on any atom is -0.453 e. The summed E-state index contributed by atoms with van der Waals surface area (Å²) in [7, 11) is 0. The summed E-state index contributed by atoms with van der Waals surface area (Å²) in [5.74, 6) is 0. The van der Waals surface area contributed by atoms with Crippen LogP contribution in [0, 0.1) is 0 Å². The normalized spacial score (nSPS) is 18.1. The summed E-state index contributed by atoms with van der Waals surface area (Å²) in [6.07, 6.45) is 0. The molecule has 2 aliphatic rings. The molecule has 0 amide bonds. The lowest BCUT2D eigenvalue weighted by molar-refractivity contribution is 0.509. The predicted octanol–water partition coefficient (Wildman–Crippen LogP) is 4.47. The second kappa shape index (κ2) is 5.05. The Morgan fingerprint density at radius 3 is 1.47 bits per heavy atom. The molecule has 0 saturated carbocycles. The van der Waals surface area contributed by atoms with E-state index in [0.29, 0.717) is 0 Å². The van der Waals surface area contributed by atoms with Gasteiger partial charge in [0.25, 0.3) is 0 Å². The lowest BCUT2D eigenvalue weighted by Crippen LogP contribution is -2.02. The van der Waals surface area contributed by atoms with Crippen LogP contribution >= 0.6 is 47.0 Å². The highest BCUT2D eigenvalue weighted by Gasteiger charge is 2.14. The number of rotatable bonds is 0. The molecular formula is C14H8OS4. The van der Waals surface area contributed by atoms with Crippen LogP contribution in [0.4, 0.5) is 0 Å². The van der Waals surface area contributed by atoms with E-state index in [-0.39, 0.29) is 0 Å². The molecule has 2 aliphatic heterocycles. The van der Waals surface area contributed by atoms with Gasteiger partial charge < -0.3 is 4.42 Å². The fourth-order valence-electron chi connectivity index (χ4n) is 2.02. The molecule has 0 N–H and O–H groups in total. The molecule has 0 aliphatic carbocycles. The van der Waals surface area contributed by atoms with Gasteiger partial charge in [-0.1, -0.05) is 71.3 Å². The van der Waals surface area contributed by atoms with E-state index in [0.717, 1.165) is 10.8 Å². The number of thioether (sulfide) groups is 4. The highest BCUT2D eigenvalue weighted by Crippen LogP contribution is 2.40. The van der Waals surface area contributed by atoms with Crippen LogP contribution in [0.3, 0.4) is 0 Å². The third-order valence-corrected chi connectivity index (χ3v) is 6.99. The maximum atomic E-state index is 6.20. The molecule has 19 heavy (non-hydrogen) atoms. The Bertz CT molecular complexity index is 741. The van der Waals surface area contributed by atoms with Crippen molar-refractivity contribution in [1.29, 1.82) is 0 Å². The summed E-state index contributed by atoms with van der Waals surface area (Å²) in [5, 5.41) is 10.8. The quantitative estimate of drug-likeness (QED) is 0.708. The molecule has 1 aromatic carbocycles. The minimum absolute atomic E-state index is 1.01. The van der Waals surface area contributed by atoms with Gasteiger partial charge in [-0.05, 0) is 21.6 Å². The molecule has 1 nitrogen and oxygen atoms in total. The Balaban J connectivity index is 2.12. The molecule has 4 rings (SSSR count). The molecule has 0 fully saturated rings. The van der Waals surface area contributed by atoms with Crippen LogP contribution in [0.15, 0.2) is 50.3 Å². The third-order valence-electron chi connectivity index (χ3n) is 2.80. The van der Waals surface area contributed by atoms with E-state index in [9.17, 15) is 0 Å². The van der Waals surface area contributed by atoms with Gasteiger partial charge in [-0.2, -0.15) is 0 Å². The first-order chi connectivity index (χ1) is 9.43. The van der Waals surface area contributed by atoms with Crippen molar-refractivity contribution in [3.63, 3.8) is 0 Å². The SMILES string of the molecule is C1=CSC(=c2oc(=C3SC=CS3)c3ccccc23)S1. The molecule has 0 bridgehead atoms. The first-order valence-electron chi connectivity index (χ1n) is 5.66. The van der Waals surface area contributed by atoms with E-state index < -0.39 is 0 Å². The predicted molar refractivity (Wildman–Crippen MR) is 90.9 cm³/mol. The summed E-state index contributed by atoms with van der Waals surface area (Å²) in [4.78, 5) is 0. The van der Waals surface area contributed by atoms with Gasteiger partial charge in [0.2, 0.25) is 0 Å². The van der Waals surface area contributed by atoms with Gasteiger partial charge in [0, 0.05) is 10.8 Å². The van der Waals surface area contributed by atoms with E-state index in [1.54, 1.807) is 47.0 Å². The van der Waals surface area contributed by atoms with Gasteiger partial charge >= 0.3 is 0 Å². The standard InChI is InChI=1S/C14H8OS4/c1-2-4-10-9(3-1)11(13-16-5-6-17-13)15-12(10)14-18-7-8-19-14/h1-8H. The zero-order valence-corrected chi connectivity index (χ0v) is 12.9. The maximum Gasteiger partial charge on any atom is 0.156 e. The lowest BCUT2D eigenvalue weighted by atomic mass is 10.2. The minimum atomic E-state index is 1.01. The van der Waals surface area contributed by atoms with Crippen molar-refractivity contribution in [1.82, 2.24) is 0 Å². The second-order valence-corrected chi connectivity index (χ2v) is 8.08. The summed E-state index contributed by atoms with van der Waals surface area (Å²) < 4.78 is 8.65. The van der Waals surface area contributed by atoms with E-state index in [2.05, 4.69) is 45.9 Å². The van der Waals surface area contributed by atoms with Crippen LogP contribution in [0.2, 0.25) is 0 Å². The topological polar surface area (TPSA) is 13.1 Å². The van der Waals surface area contributed by atoms with Crippen LogP contribution in [-0.2, 0) is 0 Å². The average molecular weight is 320 g/mol. The fraction of sp³-hybridized carbons (Fsp3) is 0. The molecule has 0 saturated heterocycles. The van der Waals surface area contributed by atoms with Gasteiger partial charge in [0.1, 0.15) is 0 Å². The van der Waals surface area contributed by atoms with Crippen molar-refractivity contribution in [2.75, 3.05) is 0 Å². The summed E-state index contributed by atoms with van der Waals surface area (Å²) >= 11 is 6.93. The van der Waals surface area contributed by atoms with Crippen molar-refractivity contribution in [3.05, 3.63) is 56.7 Å².